The number of carbonyl (C=O) groups is 1. The second-order valence-corrected chi connectivity index (χ2v) is 3.10. The van der Waals surface area contributed by atoms with E-state index in [2.05, 4.69) is 20.5 Å². The summed E-state index contributed by atoms with van der Waals surface area (Å²) in [6.45, 7) is 1.47. The summed E-state index contributed by atoms with van der Waals surface area (Å²) in [4.78, 5) is 14.9. The van der Waals surface area contributed by atoms with E-state index in [0.717, 1.165) is 11.3 Å². The number of rotatable bonds is 2. The summed E-state index contributed by atoms with van der Waals surface area (Å²) in [6.07, 6.45) is 1.44. The number of hydrogen-bond acceptors (Lipinski definition) is 3. The van der Waals surface area contributed by atoms with Crippen LogP contribution in [0, 0.1) is 0 Å². The normalized spacial score (nSPS) is 9.93. The molecule has 0 aliphatic heterocycles. The molecule has 2 aromatic rings. The van der Waals surface area contributed by atoms with E-state index in [1.807, 2.05) is 24.3 Å². The van der Waals surface area contributed by atoms with Crippen molar-refractivity contribution in [1.82, 2.24) is 15.2 Å². The van der Waals surface area contributed by atoms with Crippen LogP contribution in [-0.2, 0) is 4.79 Å². The van der Waals surface area contributed by atoms with Crippen molar-refractivity contribution < 1.29 is 4.79 Å². The van der Waals surface area contributed by atoms with Crippen molar-refractivity contribution in [3.63, 3.8) is 0 Å². The van der Waals surface area contributed by atoms with E-state index >= 15 is 0 Å². The van der Waals surface area contributed by atoms with Gasteiger partial charge in [0.1, 0.15) is 6.33 Å². The maximum atomic E-state index is 10.9. The van der Waals surface area contributed by atoms with Gasteiger partial charge in [0.2, 0.25) is 5.91 Å². The Hall–Kier alpha value is -2.17. The molecule has 0 saturated carbocycles. The molecule has 2 rings (SSSR count). The Balaban J connectivity index is 2.31. The largest absolute Gasteiger partial charge is 0.326 e. The van der Waals surface area contributed by atoms with E-state index in [1.54, 1.807) is 0 Å². The van der Waals surface area contributed by atoms with Crippen LogP contribution in [0.25, 0.3) is 11.4 Å². The number of hydrogen-bond donors (Lipinski definition) is 2. The summed E-state index contributed by atoms with van der Waals surface area (Å²) >= 11 is 0. The molecule has 0 fully saturated rings. The Morgan fingerprint density at radius 1 is 1.47 bits per heavy atom. The molecule has 5 nitrogen and oxygen atoms in total. The maximum Gasteiger partial charge on any atom is 0.221 e. The second kappa shape index (κ2) is 3.91. The first-order chi connectivity index (χ1) is 7.25. The van der Waals surface area contributed by atoms with Crippen molar-refractivity contribution in [3.05, 3.63) is 30.6 Å². The first kappa shape index (κ1) is 9.39. The molecule has 1 amide bonds. The van der Waals surface area contributed by atoms with Crippen LogP contribution >= 0.6 is 0 Å². The summed E-state index contributed by atoms with van der Waals surface area (Å²) in [7, 11) is 0. The predicted octanol–water partition coefficient (Wildman–Crippen LogP) is 1.43. The molecule has 0 atom stereocenters. The Kier molecular flexibility index (Phi) is 2.45. The SMILES string of the molecule is CC(=O)Nc1cccc(-c2ncn[nH]2)c1. The van der Waals surface area contributed by atoms with Crippen LogP contribution in [-0.4, -0.2) is 21.1 Å². The van der Waals surface area contributed by atoms with Gasteiger partial charge in [-0.25, -0.2) is 4.98 Å². The first-order valence-corrected chi connectivity index (χ1v) is 4.49. The summed E-state index contributed by atoms with van der Waals surface area (Å²) < 4.78 is 0. The molecule has 0 saturated heterocycles. The summed E-state index contributed by atoms with van der Waals surface area (Å²) in [5.74, 6) is 0.590. The number of aromatic nitrogens is 3. The molecule has 0 radical (unpaired) electrons. The third-order valence-electron chi connectivity index (χ3n) is 1.87. The maximum absolute atomic E-state index is 10.9. The van der Waals surface area contributed by atoms with Gasteiger partial charge in [0, 0.05) is 18.2 Å². The number of aromatic amines is 1. The second-order valence-electron chi connectivity index (χ2n) is 3.10. The van der Waals surface area contributed by atoms with Gasteiger partial charge in [-0.2, -0.15) is 5.10 Å². The number of anilines is 1. The van der Waals surface area contributed by atoms with E-state index in [1.165, 1.54) is 13.3 Å². The minimum absolute atomic E-state index is 0.0929. The van der Waals surface area contributed by atoms with E-state index in [9.17, 15) is 4.79 Å². The van der Waals surface area contributed by atoms with Crippen LogP contribution in [0.4, 0.5) is 5.69 Å². The fourth-order valence-corrected chi connectivity index (χ4v) is 1.29. The zero-order chi connectivity index (χ0) is 10.7. The van der Waals surface area contributed by atoms with Gasteiger partial charge in [0.15, 0.2) is 5.82 Å². The lowest BCUT2D eigenvalue weighted by molar-refractivity contribution is -0.114. The monoisotopic (exact) mass is 202 g/mol. The van der Waals surface area contributed by atoms with Gasteiger partial charge in [-0.1, -0.05) is 12.1 Å². The summed E-state index contributed by atoms with van der Waals surface area (Å²) in [5.41, 5.74) is 1.63. The predicted molar refractivity (Wildman–Crippen MR) is 56.1 cm³/mol. The van der Waals surface area contributed by atoms with Crippen LogP contribution in [0.15, 0.2) is 30.6 Å². The molecule has 2 N–H and O–H groups in total. The Morgan fingerprint density at radius 3 is 3.00 bits per heavy atom. The van der Waals surface area contributed by atoms with E-state index in [0.29, 0.717) is 5.82 Å². The topological polar surface area (TPSA) is 70.7 Å². The van der Waals surface area contributed by atoms with Gasteiger partial charge >= 0.3 is 0 Å². The average Bonchev–Trinajstić information content (AvgIpc) is 2.69. The minimum atomic E-state index is -0.0929. The van der Waals surface area contributed by atoms with E-state index in [-0.39, 0.29) is 5.91 Å². The highest BCUT2D eigenvalue weighted by Gasteiger charge is 2.01. The molecule has 0 aliphatic carbocycles. The number of amides is 1. The van der Waals surface area contributed by atoms with Crippen LogP contribution in [0.2, 0.25) is 0 Å². The van der Waals surface area contributed by atoms with Crippen molar-refractivity contribution in [2.45, 2.75) is 6.92 Å². The highest BCUT2D eigenvalue weighted by atomic mass is 16.1. The third-order valence-corrected chi connectivity index (χ3v) is 1.87. The minimum Gasteiger partial charge on any atom is -0.326 e. The average molecular weight is 202 g/mol. The van der Waals surface area contributed by atoms with Gasteiger partial charge in [-0.15, -0.1) is 0 Å². The molecular weight excluding hydrogens is 192 g/mol. The van der Waals surface area contributed by atoms with E-state index < -0.39 is 0 Å². The van der Waals surface area contributed by atoms with Crippen molar-refractivity contribution in [3.8, 4) is 11.4 Å². The van der Waals surface area contributed by atoms with Crippen LogP contribution in [0.1, 0.15) is 6.92 Å². The molecule has 76 valence electrons. The number of carbonyl (C=O) groups excluding carboxylic acids is 1. The van der Waals surface area contributed by atoms with Crippen LogP contribution in [0.3, 0.4) is 0 Å². The third kappa shape index (κ3) is 2.19. The van der Waals surface area contributed by atoms with Crippen molar-refractivity contribution in [1.29, 1.82) is 0 Å². The Morgan fingerprint density at radius 2 is 2.33 bits per heavy atom. The molecule has 1 heterocycles. The molecule has 0 bridgehead atoms. The number of nitrogens with zero attached hydrogens (tertiary/aromatic N) is 2. The smallest absolute Gasteiger partial charge is 0.221 e. The van der Waals surface area contributed by atoms with Gasteiger partial charge in [0.05, 0.1) is 0 Å². The number of H-pyrrole nitrogens is 1. The van der Waals surface area contributed by atoms with Crippen molar-refractivity contribution >= 4 is 11.6 Å². The number of nitrogens with one attached hydrogen (secondary N) is 2. The zero-order valence-corrected chi connectivity index (χ0v) is 8.19. The van der Waals surface area contributed by atoms with Gasteiger partial charge < -0.3 is 5.32 Å². The van der Waals surface area contributed by atoms with Crippen LogP contribution in [0.5, 0.6) is 0 Å². The van der Waals surface area contributed by atoms with Crippen LogP contribution < -0.4 is 5.32 Å². The fourth-order valence-electron chi connectivity index (χ4n) is 1.29. The van der Waals surface area contributed by atoms with Crippen molar-refractivity contribution in [2.75, 3.05) is 5.32 Å². The zero-order valence-electron chi connectivity index (χ0n) is 8.19. The lowest BCUT2D eigenvalue weighted by Gasteiger charge is -2.03. The Labute approximate surface area is 86.5 Å². The van der Waals surface area contributed by atoms with Crippen molar-refractivity contribution in [2.24, 2.45) is 0 Å². The quantitative estimate of drug-likeness (QED) is 0.773. The summed E-state index contributed by atoms with van der Waals surface area (Å²) in [6, 6.07) is 7.40. The molecule has 0 unspecified atom stereocenters. The molecule has 15 heavy (non-hydrogen) atoms. The fraction of sp³-hybridized carbons (Fsp3) is 0.100. The molecule has 0 aliphatic rings. The first-order valence-electron chi connectivity index (χ1n) is 4.49. The summed E-state index contributed by atoms with van der Waals surface area (Å²) in [5, 5.41) is 9.23. The highest BCUT2D eigenvalue weighted by Crippen LogP contribution is 2.18. The molecular formula is C10H10N4O. The van der Waals surface area contributed by atoms with Gasteiger partial charge in [-0.3, -0.25) is 9.89 Å². The van der Waals surface area contributed by atoms with Gasteiger partial charge in [0.25, 0.3) is 0 Å². The van der Waals surface area contributed by atoms with Gasteiger partial charge in [-0.05, 0) is 12.1 Å². The lowest BCUT2D eigenvalue weighted by Crippen LogP contribution is -2.05. The molecule has 5 heteroatoms. The lowest BCUT2D eigenvalue weighted by atomic mass is 10.2. The Bertz CT molecular complexity index is 464. The standard InChI is InChI=1S/C10H10N4O/c1-7(15)13-9-4-2-3-8(5-9)10-11-6-12-14-10/h2-6H,1H3,(H,13,15)(H,11,12,14). The number of benzene rings is 1. The molecule has 1 aromatic heterocycles. The molecule has 1 aromatic carbocycles. The van der Waals surface area contributed by atoms with E-state index in [4.69, 9.17) is 0 Å². The molecule has 0 spiro atoms. The highest BCUT2D eigenvalue weighted by molar-refractivity contribution is 5.89.